The quantitative estimate of drug-likeness (QED) is 0.476. The molecule has 0 saturated carbocycles. The molecule has 7 nitrogen and oxygen atoms in total. The lowest BCUT2D eigenvalue weighted by molar-refractivity contribution is 1.16. The van der Waals surface area contributed by atoms with Crippen LogP contribution in [-0.2, 0) is 0 Å². The van der Waals surface area contributed by atoms with Crippen molar-refractivity contribution in [2.45, 2.75) is 20.8 Å². The zero-order chi connectivity index (χ0) is 20.8. The van der Waals surface area contributed by atoms with Gasteiger partial charge < -0.3 is 15.6 Å². The lowest BCUT2D eigenvalue weighted by atomic mass is 10.1. The van der Waals surface area contributed by atoms with Crippen molar-refractivity contribution in [2.24, 2.45) is 0 Å². The van der Waals surface area contributed by atoms with Crippen LogP contribution in [0, 0.1) is 6.92 Å². The van der Waals surface area contributed by atoms with Crippen molar-refractivity contribution in [3.05, 3.63) is 71.0 Å². The van der Waals surface area contributed by atoms with Crippen molar-refractivity contribution in [1.29, 1.82) is 0 Å². The smallest absolute Gasteiger partial charge is 0.255 e. The average molecular weight is 388 g/mol. The Morgan fingerprint density at radius 1 is 1.00 bits per heavy atom. The Kier molecular flexibility index (Phi) is 6.19. The molecule has 3 aromatic heterocycles. The first kappa shape index (κ1) is 20.0. The maximum Gasteiger partial charge on any atom is 0.255 e. The number of hydrogen-bond donors (Lipinski definition) is 3. The van der Waals surface area contributed by atoms with E-state index in [0.29, 0.717) is 11.2 Å². The molecule has 0 spiro atoms. The summed E-state index contributed by atoms with van der Waals surface area (Å²) in [7, 11) is 1.81. The third-order valence-corrected chi connectivity index (χ3v) is 4.41. The fraction of sp³-hybridized carbons (Fsp3) is 0.182. The second kappa shape index (κ2) is 8.97. The minimum Gasteiger partial charge on any atom is -0.373 e. The molecule has 0 atom stereocenters. The third kappa shape index (κ3) is 4.08. The minimum atomic E-state index is -0.119. The number of hydrogen-bond acceptors (Lipinski definition) is 6. The summed E-state index contributed by atoms with van der Waals surface area (Å²) in [5.41, 5.74) is 3.34. The molecule has 4 rings (SSSR count). The first-order valence-corrected chi connectivity index (χ1v) is 9.50. The normalized spacial score (nSPS) is 10.2. The second-order valence-corrected chi connectivity index (χ2v) is 6.09. The highest BCUT2D eigenvalue weighted by Gasteiger charge is 2.12. The fourth-order valence-electron chi connectivity index (χ4n) is 3.02. The van der Waals surface area contributed by atoms with E-state index < -0.39 is 0 Å². The van der Waals surface area contributed by atoms with Crippen molar-refractivity contribution < 1.29 is 0 Å². The predicted molar refractivity (Wildman–Crippen MR) is 119 cm³/mol. The summed E-state index contributed by atoms with van der Waals surface area (Å²) < 4.78 is 0. The zero-order valence-corrected chi connectivity index (χ0v) is 16.9. The van der Waals surface area contributed by atoms with Gasteiger partial charge >= 0.3 is 0 Å². The maximum atomic E-state index is 12.1. The number of aryl methyl sites for hydroxylation is 1. The summed E-state index contributed by atoms with van der Waals surface area (Å²) in [6.45, 7) is 6.00. The molecule has 0 saturated heterocycles. The Morgan fingerprint density at radius 3 is 2.62 bits per heavy atom. The maximum absolute atomic E-state index is 12.1. The molecule has 0 aliphatic heterocycles. The first-order chi connectivity index (χ1) is 14.2. The van der Waals surface area contributed by atoms with Crippen LogP contribution in [0.1, 0.15) is 19.4 Å². The van der Waals surface area contributed by atoms with Crippen LogP contribution in [0.2, 0.25) is 0 Å². The molecule has 3 heterocycles. The summed E-state index contributed by atoms with van der Waals surface area (Å²) in [4.78, 5) is 27.9. The third-order valence-electron chi connectivity index (χ3n) is 4.41. The number of anilines is 3. The van der Waals surface area contributed by atoms with E-state index in [1.165, 1.54) is 6.33 Å². The number of nitrogens with zero attached hydrogens (tertiary/aromatic N) is 3. The number of aromatic amines is 1. The molecule has 7 heteroatoms. The van der Waals surface area contributed by atoms with E-state index in [4.69, 9.17) is 0 Å². The fourth-order valence-corrected chi connectivity index (χ4v) is 3.02. The van der Waals surface area contributed by atoms with Gasteiger partial charge in [-0.2, -0.15) is 0 Å². The lowest BCUT2D eigenvalue weighted by Crippen LogP contribution is -2.07. The Hall–Kier alpha value is -3.74. The molecule has 148 valence electrons. The highest BCUT2D eigenvalue weighted by Crippen LogP contribution is 2.32. The summed E-state index contributed by atoms with van der Waals surface area (Å²) in [6, 6.07) is 11.3. The number of nitrogens with one attached hydrogen (secondary N) is 3. The summed E-state index contributed by atoms with van der Waals surface area (Å²) in [6.07, 6.45) is 4.89. The number of fused-ring (bicyclic) bond motifs is 1. The summed E-state index contributed by atoms with van der Waals surface area (Å²) in [5.74, 6) is 1.39. The van der Waals surface area contributed by atoms with Crippen LogP contribution in [0.5, 0.6) is 0 Å². The van der Waals surface area contributed by atoms with Gasteiger partial charge in [0.25, 0.3) is 5.56 Å². The molecule has 0 unspecified atom stereocenters. The van der Waals surface area contributed by atoms with Gasteiger partial charge in [-0.1, -0.05) is 19.9 Å². The number of H-pyrrole nitrogens is 1. The van der Waals surface area contributed by atoms with E-state index >= 15 is 0 Å². The lowest BCUT2D eigenvalue weighted by Gasteiger charge is -2.15. The van der Waals surface area contributed by atoms with Crippen LogP contribution >= 0.6 is 0 Å². The molecule has 0 bridgehead atoms. The minimum absolute atomic E-state index is 0.119. The van der Waals surface area contributed by atoms with Gasteiger partial charge in [0.05, 0.1) is 11.4 Å². The standard InChI is InChI=1S/C20H18N6O.C2H6/c1-12-5-6-14-13(7-9-23-20(14)27)18(12)26-19-15(4-3-8-22-19)16-10-17(21-2)25-11-24-16;1-2/h3-11H,1-2H3,(H,22,26)(H,23,27)(H,21,24,25);1-2H3. The van der Waals surface area contributed by atoms with Crippen molar-refractivity contribution >= 4 is 28.1 Å². The molecular weight excluding hydrogens is 364 g/mol. The van der Waals surface area contributed by atoms with E-state index in [2.05, 4.69) is 30.6 Å². The molecule has 0 fully saturated rings. The second-order valence-electron chi connectivity index (χ2n) is 6.09. The highest BCUT2D eigenvalue weighted by molar-refractivity contribution is 5.97. The summed E-state index contributed by atoms with van der Waals surface area (Å²) in [5, 5.41) is 7.89. The number of rotatable bonds is 4. The molecule has 4 aromatic rings. The van der Waals surface area contributed by atoms with E-state index in [1.807, 2.05) is 64.2 Å². The first-order valence-electron chi connectivity index (χ1n) is 9.50. The van der Waals surface area contributed by atoms with Crippen molar-refractivity contribution in [3.63, 3.8) is 0 Å². The van der Waals surface area contributed by atoms with Gasteiger partial charge in [0, 0.05) is 41.8 Å². The van der Waals surface area contributed by atoms with Gasteiger partial charge in [-0.05, 0) is 36.8 Å². The highest BCUT2D eigenvalue weighted by atomic mass is 16.1. The van der Waals surface area contributed by atoms with Crippen LogP contribution in [0.3, 0.4) is 0 Å². The monoisotopic (exact) mass is 388 g/mol. The number of benzene rings is 1. The number of pyridine rings is 2. The van der Waals surface area contributed by atoms with Gasteiger partial charge in [-0.15, -0.1) is 0 Å². The predicted octanol–water partition coefficient (Wildman–Crippen LogP) is 4.50. The largest absolute Gasteiger partial charge is 0.373 e. The van der Waals surface area contributed by atoms with E-state index in [9.17, 15) is 4.79 Å². The number of aromatic nitrogens is 4. The van der Waals surface area contributed by atoms with Gasteiger partial charge in [-0.3, -0.25) is 4.79 Å². The molecule has 29 heavy (non-hydrogen) atoms. The van der Waals surface area contributed by atoms with Gasteiger partial charge in [0.1, 0.15) is 18.0 Å². The molecule has 3 N–H and O–H groups in total. The van der Waals surface area contributed by atoms with Gasteiger partial charge in [-0.25, -0.2) is 15.0 Å². The molecular formula is C22H24N6O. The van der Waals surface area contributed by atoms with Crippen molar-refractivity contribution in [3.8, 4) is 11.3 Å². The molecule has 0 aliphatic rings. The van der Waals surface area contributed by atoms with Crippen LogP contribution < -0.4 is 16.2 Å². The molecule has 0 aliphatic carbocycles. The Labute approximate surface area is 169 Å². The van der Waals surface area contributed by atoms with Crippen LogP contribution in [0.15, 0.2) is 59.9 Å². The van der Waals surface area contributed by atoms with Crippen molar-refractivity contribution in [1.82, 2.24) is 19.9 Å². The van der Waals surface area contributed by atoms with Gasteiger partial charge in [0.2, 0.25) is 0 Å². The van der Waals surface area contributed by atoms with Gasteiger partial charge in [0.15, 0.2) is 0 Å². The topological polar surface area (TPSA) is 95.6 Å². The van der Waals surface area contributed by atoms with Crippen molar-refractivity contribution in [2.75, 3.05) is 17.7 Å². The van der Waals surface area contributed by atoms with E-state index in [0.717, 1.165) is 33.7 Å². The van der Waals surface area contributed by atoms with E-state index in [1.54, 1.807) is 12.4 Å². The zero-order valence-electron chi connectivity index (χ0n) is 16.9. The molecule has 0 radical (unpaired) electrons. The Bertz CT molecular complexity index is 1190. The van der Waals surface area contributed by atoms with Crippen LogP contribution in [0.4, 0.5) is 17.3 Å². The molecule has 1 aromatic carbocycles. The summed E-state index contributed by atoms with van der Waals surface area (Å²) >= 11 is 0. The average Bonchev–Trinajstić information content (AvgIpc) is 2.77. The van der Waals surface area contributed by atoms with E-state index in [-0.39, 0.29) is 5.56 Å². The van der Waals surface area contributed by atoms with Crippen LogP contribution in [-0.4, -0.2) is 27.0 Å². The Balaban J connectivity index is 0.00000117. The molecule has 0 amide bonds. The SMILES string of the molecule is CC.CNc1cc(-c2cccnc2Nc2c(C)ccc3c(=O)[nH]ccc23)ncn1. The Morgan fingerprint density at radius 2 is 1.83 bits per heavy atom. The van der Waals surface area contributed by atoms with Crippen LogP contribution in [0.25, 0.3) is 22.0 Å².